The van der Waals surface area contributed by atoms with E-state index in [1.807, 2.05) is 6.92 Å². The smallest absolute Gasteiger partial charge is 0.0696 e. The van der Waals surface area contributed by atoms with Crippen LogP contribution in [-0.2, 0) is 0 Å². The van der Waals surface area contributed by atoms with Gasteiger partial charge in [0.2, 0.25) is 0 Å². The molecule has 2 rings (SSSR count). The number of nitrogens with zero attached hydrogens (tertiary/aromatic N) is 2. The molecule has 0 aromatic rings. The molecular formula is C12H20N2O. The summed E-state index contributed by atoms with van der Waals surface area (Å²) in [6, 6.07) is 0.449. The molecule has 1 N–H and O–H groups in total. The van der Waals surface area contributed by atoms with Crippen molar-refractivity contribution >= 4 is 0 Å². The maximum atomic E-state index is 9.59. The zero-order valence-corrected chi connectivity index (χ0v) is 9.45. The molecule has 15 heavy (non-hydrogen) atoms. The lowest BCUT2D eigenvalue weighted by Gasteiger charge is -2.45. The lowest BCUT2D eigenvalue weighted by Crippen LogP contribution is -2.57. The number of aliphatic hydroxyl groups is 1. The Labute approximate surface area is 92.1 Å². The van der Waals surface area contributed by atoms with Crippen LogP contribution in [0, 0.1) is 11.8 Å². The van der Waals surface area contributed by atoms with Crippen LogP contribution in [0.1, 0.15) is 19.8 Å². The molecule has 1 aliphatic heterocycles. The van der Waals surface area contributed by atoms with Crippen LogP contribution in [0.15, 0.2) is 0 Å². The summed E-state index contributed by atoms with van der Waals surface area (Å²) in [5, 5.41) is 9.59. The van der Waals surface area contributed by atoms with Crippen LogP contribution in [-0.4, -0.2) is 59.8 Å². The van der Waals surface area contributed by atoms with E-state index in [1.165, 1.54) is 6.42 Å². The third-order valence-corrected chi connectivity index (χ3v) is 3.56. The minimum atomic E-state index is -0.0630. The Morgan fingerprint density at radius 1 is 1.20 bits per heavy atom. The largest absolute Gasteiger partial charge is 0.391 e. The Bertz CT molecular complexity index is 261. The Morgan fingerprint density at radius 2 is 1.93 bits per heavy atom. The molecular weight excluding hydrogens is 188 g/mol. The number of aliphatic hydroxyl groups excluding tert-OH is 1. The van der Waals surface area contributed by atoms with E-state index in [4.69, 9.17) is 0 Å². The summed E-state index contributed by atoms with van der Waals surface area (Å²) in [6.45, 7) is 7.16. The summed E-state index contributed by atoms with van der Waals surface area (Å²) in [5.74, 6) is 6.04. The molecule has 0 bridgehead atoms. The molecule has 2 aliphatic rings. The van der Waals surface area contributed by atoms with E-state index in [0.29, 0.717) is 6.04 Å². The van der Waals surface area contributed by atoms with Crippen LogP contribution in [0.3, 0.4) is 0 Å². The first kappa shape index (κ1) is 10.9. The first-order valence-electron chi connectivity index (χ1n) is 5.85. The van der Waals surface area contributed by atoms with Gasteiger partial charge in [-0.1, -0.05) is 5.92 Å². The van der Waals surface area contributed by atoms with Gasteiger partial charge in [0.05, 0.1) is 12.6 Å². The van der Waals surface area contributed by atoms with Crippen LogP contribution in [0.5, 0.6) is 0 Å². The van der Waals surface area contributed by atoms with Crippen LogP contribution in [0.2, 0.25) is 0 Å². The van der Waals surface area contributed by atoms with Crippen molar-refractivity contribution in [2.45, 2.75) is 31.9 Å². The molecule has 0 amide bonds. The van der Waals surface area contributed by atoms with Gasteiger partial charge in [-0.2, -0.15) is 0 Å². The maximum absolute atomic E-state index is 9.59. The van der Waals surface area contributed by atoms with E-state index < -0.39 is 0 Å². The summed E-state index contributed by atoms with van der Waals surface area (Å²) in [6.07, 6.45) is 2.11. The average molecular weight is 208 g/mol. The molecule has 2 atom stereocenters. The molecule has 3 heteroatoms. The fourth-order valence-electron chi connectivity index (χ4n) is 2.33. The second kappa shape index (κ2) is 4.98. The van der Waals surface area contributed by atoms with Gasteiger partial charge in [0.15, 0.2) is 0 Å². The van der Waals surface area contributed by atoms with Crippen molar-refractivity contribution in [3.05, 3.63) is 0 Å². The third kappa shape index (κ3) is 2.52. The highest BCUT2D eigenvalue weighted by molar-refractivity contribution is 4.99. The molecule has 0 aromatic heterocycles. The molecule has 0 radical (unpaired) electrons. The van der Waals surface area contributed by atoms with Gasteiger partial charge < -0.3 is 5.11 Å². The molecule has 84 valence electrons. The predicted octanol–water partition coefficient (Wildman–Crippen LogP) is 0.151. The van der Waals surface area contributed by atoms with Gasteiger partial charge in [-0.15, -0.1) is 5.92 Å². The Morgan fingerprint density at radius 3 is 2.40 bits per heavy atom. The van der Waals surface area contributed by atoms with Crippen LogP contribution < -0.4 is 0 Å². The van der Waals surface area contributed by atoms with Crippen molar-refractivity contribution in [3.63, 3.8) is 0 Å². The Balaban J connectivity index is 1.73. The number of hydrogen-bond donors (Lipinski definition) is 1. The Hall–Kier alpha value is -0.560. The highest BCUT2D eigenvalue weighted by Gasteiger charge is 2.35. The van der Waals surface area contributed by atoms with Gasteiger partial charge in [0.25, 0.3) is 0 Å². The monoisotopic (exact) mass is 208 g/mol. The van der Waals surface area contributed by atoms with Gasteiger partial charge in [-0.05, 0) is 19.8 Å². The molecule has 1 heterocycles. The third-order valence-electron chi connectivity index (χ3n) is 3.56. The fraction of sp³-hybridized carbons (Fsp3) is 0.833. The number of hydrogen-bond acceptors (Lipinski definition) is 3. The second-order valence-corrected chi connectivity index (χ2v) is 4.45. The van der Waals surface area contributed by atoms with Crippen LogP contribution >= 0.6 is 0 Å². The highest BCUT2D eigenvalue weighted by Crippen LogP contribution is 2.26. The fourth-order valence-corrected chi connectivity index (χ4v) is 2.33. The second-order valence-electron chi connectivity index (χ2n) is 4.45. The van der Waals surface area contributed by atoms with Crippen molar-refractivity contribution in [1.29, 1.82) is 0 Å². The van der Waals surface area contributed by atoms with E-state index in [0.717, 1.165) is 39.1 Å². The van der Waals surface area contributed by atoms with Gasteiger partial charge in [-0.3, -0.25) is 9.80 Å². The van der Waals surface area contributed by atoms with E-state index in [1.54, 1.807) is 0 Å². The van der Waals surface area contributed by atoms with Gasteiger partial charge in [0, 0.05) is 32.2 Å². The molecule has 0 spiro atoms. The number of piperazine rings is 1. The normalized spacial score (nSPS) is 32.9. The predicted molar refractivity (Wildman–Crippen MR) is 60.5 cm³/mol. The molecule has 2 fully saturated rings. The lowest BCUT2D eigenvalue weighted by molar-refractivity contribution is -0.0375. The van der Waals surface area contributed by atoms with Crippen molar-refractivity contribution < 1.29 is 5.11 Å². The van der Waals surface area contributed by atoms with Crippen LogP contribution in [0.25, 0.3) is 0 Å². The average Bonchev–Trinajstić information content (AvgIpc) is 2.26. The van der Waals surface area contributed by atoms with E-state index in [9.17, 15) is 5.11 Å². The summed E-state index contributed by atoms with van der Waals surface area (Å²) >= 11 is 0. The van der Waals surface area contributed by atoms with Crippen molar-refractivity contribution in [2.24, 2.45) is 0 Å². The quantitative estimate of drug-likeness (QED) is 0.654. The molecule has 1 aliphatic carbocycles. The zero-order chi connectivity index (χ0) is 10.7. The lowest BCUT2D eigenvalue weighted by atomic mass is 9.87. The molecule has 2 unspecified atom stereocenters. The SMILES string of the molecule is CC#CCN1CCN(C2CCC2O)CC1. The minimum absolute atomic E-state index is 0.0630. The van der Waals surface area contributed by atoms with Crippen LogP contribution in [0.4, 0.5) is 0 Å². The maximum Gasteiger partial charge on any atom is 0.0696 e. The Kier molecular flexibility index (Phi) is 3.63. The topological polar surface area (TPSA) is 26.7 Å². The molecule has 1 saturated heterocycles. The van der Waals surface area contributed by atoms with Gasteiger partial charge in [0.1, 0.15) is 0 Å². The zero-order valence-electron chi connectivity index (χ0n) is 9.45. The summed E-state index contributed by atoms with van der Waals surface area (Å²) in [4.78, 5) is 4.82. The summed E-state index contributed by atoms with van der Waals surface area (Å²) < 4.78 is 0. The summed E-state index contributed by atoms with van der Waals surface area (Å²) in [7, 11) is 0. The number of rotatable bonds is 2. The minimum Gasteiger partial charge on any atom is -0.391 e. The van der Waals surface area contributed by atoms with Gasteiger partial charge >= 0.3 is 0 Å². The molecule has 3 nitrogen and oxygen atoms in total. The molecule has 0 aromatic carbocycles. The first-order chi connectivity index (χ1) is 7.31. The van der Waals surface area contributed by atoms with Crippen molar-refractivity contribution in [2.75, 3.05) is 32.7 Å². The summed E-state index contributed by atoms with van der Waals surface area (Å²) in [5.41, 5.74) is 0. The standard InChI is InChI=1S/C12H20N2O/c1-2-3-6-13-7-9-14(10-8-13)11-4-5-12(11)15/h11-12,15H,4-10H2,1H3. The van der Waals surface area contributed by atoms with E-state index >= 15 is 0 Å². The highest BCUT2D eigenvalue weighted by atomic mass is 16.3. The van der Waals surface area contributed by atoms with Crippen molar-refractivity contribution in [1.82, 2.24) is 9.80 Å². The first-order valence-corrected chi connectivity index (χ1v) is 5.85. The van der Waals surface area contributed by atoms with Crippen molar-refractivity contribution in [3.8, 4) is 11.8 Å². The van der Waals surface area contributed by atoms with E-state index in [-0.39, 0.29) is 6.10 Å². The molecule has 1 saturated carbocycles. The van der Waals surface area contributed by atoms with Gasteiger partial charge in [-0.25, -0.2) is 0 Å². The van der Waals surface area contributed by atoms with E-state index in [2.05, 4.69) is 21.6 Å².